The van der Waals surface area contributed by atoms with Crippen LogP contribution in [-0.4, -0.2) is 31.2 Å². The molecule has 0 aromatic carbocycles. The van der Waals surface area contributed by atoms with Crippen LogP contribution in [0.4, 0.5) is 5.69 Å². The Balaban J connectivity index is 0.00000220. The summed E-state index contributed by atoms with van der Waals surface area (Å²) < 4.78 is 1.49. The molecular weight excluding hydrogens is 292 g/mol. The van der Waals surface area contributed by atoms with Gasteiger partial charge in [-0.1, -0.05) is 13.3 Å². The number of hydrogen-bond donors (Lipinski definition) is 2. The number of hydrogen-bond acceptors (Lipinski definition) is 5. The molecular formula is C13H19ClN6O. The minimum absolute atomic E-state index is 0. The van der Waals surface area contributed by atoms with E-state index in [1.54, 1.807) is 31.6 Å². The van der Waals surface area contributed by atoms with Crippen molar-refractivity contribution >= 4 is 24.0 Å². The van der Waals surface area contributed by atoms with E-state index in [-0.39, 0.29) is 18.3 Å². The molecule has 0 aliphatic carbocycles. The van der Waals surface area contributed by atoms with E-state index in [0.29, 0.717) is 18.1 Å². The van der Waals surface area contributed by atoms with Crippen LogP contribution in [0.25, 0.3) is 5.95 Å². The molecule has 2 aromatic heterocycles. The average Bonchev–Trinajstić information content (AvgIpc) is 2.88. The molecule has 8 heteroatoms. The standard InChI is InChI=1S/C13H18N6O.ClH/c1-3-5-13(2,14)11(20)18-10-8-17-19(9-10)12-15-6-4-7-16-12;/h4,6-9H,3,5,14H2,1-2H3,(H,18,20);1H. The molecule has 21 heavy (non-hydrogen) atoms. The van der Waals surface area contributed by atoms with E-state index in [0.717, 1.165) is 6.42 Å². The van der Waals surface area contributed by atoms with Crippen LogP contribution >= 0.6 is 12.4 Å². The molecule has 0 aliphatic heterocycles. The van der Waals surface area contributed by atoms with Crippen LogP contribution in [0.15, 0.2) is 30.9 Å². The Kier molecular flexibility index (Phi) is 5.80. The van der Waals surface area contributed by atoms with Crippen LogP contribution in [0.1, 0.15) is 26.7 Å². The number of carbonyl (C=O) groups excluding carboxylic acids is 1. The van der Waals surface area contributed by atoms with Crippen LogP contribution in [0.2, 0.25) is 0 Å². The first-order chi connectivity index (χ1) is 9.53. The Morgan fingerprint density at radius 3 is 2.71 bits per heavy atom. The molecule has 0 saturated heterocycles. The van der Waals surface area contributed by atoms with Gasteiger partial charge in [0.2, 0.25) is 11.9 Å². The molecule has 0 radical (unpaired) electrons. The quantitative estimate of drug-likeness (QED) is 0.872. The second-order valence-electron chi connectivity index (χ2n) is 4.84. The maximum absolute atomic E-state index is 12.1. The van der Waals surface area contributed by atoms with Gasteiger partial charge in [-0.2, -0.15) is 5.10 Å². The Morgan fingerprint density at radius 2 is 2.10 bits per heavy atom. The molecule has 0 bridgehead atoms. The zero-order valence-electron chi connectivity index (χ0n) is 12.0. The van der Waals surface area contributed by atoms with E-state index in [9.17, 15) is 4.79 Å². The molecule has 0 saturated carbocycles. The van der Waals surface area contributed by atoms with Gasteiger partial charge in [-0.05, 0) is 19.4 Å². The molecule has 1 amide bonds. The highest BCUT2D eigenvalue weighted by atomic mass is 35.5. The van der Waals surface area contributed by atoms with Gasteiger partial charge in [0.1, 0.15) is 0 Å². The van der Waals surface area contributed by atoms with Crippen LogP contribution < -0.4 is 11.1 Å². The largest absolute Gasteiger partial charge is 0.322 e. The molecule has 0 spiro atoms. The summed E-state index contributed by atoms with van der Waals surface area (Å²) in [6.07, 6.45) is 7.90. The molecule has 3 N–H and O–H groups in total. The van der Waals surface area contributed by atoms with Crippen molar-refractivity contribution in [3.05, 3.63) is 30.9 Å². The molecule has 0 fully saturated rings. The van der Waals surface area contributed by atoms with Crippen LogP contribution in [0, 0.1) is 0 Å². The third kappa shape index (κ3) is 4.24. The van der Waals surface area contributed by atoms with E-state index in [1.165, 1.54) is 10.9 Å². The second-order valence-corrected chi connectivity index (χ2v) is 4.84. The maximum Gasteiger partial charge on any atom is 0.250 e. The maximum atomic E-state index is 12.1. The number of nitrogens with zero attached hydrogens (tertiary/aromatic N) is 4. The normalized spacial score (nSPS) is 13.1. The average molecular weight is 311 g/mol. The second kappa shape index (κ2) is 7.14. The predicted molar refractivity (Wildman–Crippen MR) is 82.5 cm³/mol. The molecule has 7 nitrogen and oxygen atoms in total. The Bertz CT molecular complexity index is 583. The fourth-order valence-corrected chi connectivity index (χ4v) is 1.81. The lowest BCUT2D eigenvalue weighted by atomic mass is 9.96. The van der Waals surface area contributed by atoms with Gasteiger partial charge in [-0.25, -0.2) is 14.6 Å². The monoisotopic (exact) mass is 310 g/mol. The summed E-state index contributed by atoms with van der Waals surface area (Å²) in [6, 6.07) is 1.72. The van der Waals surface area contributed by atoms with E-state index in [1.807, 2.05) is 6.92 Å². The van der Waals surface area contributed by atoms with Gasteiger partial charge in [0.25, 0.3) is 0 Å². The number of rotatable bonds is 5. The molecule has 0 aliphatic rings. The number of halogens is 1. The Hall–Kier alpha value is -1.99. The number of nitrogens with two attached hydrogens (primary N) is 1. The summed E-state index contributed by atoms with van der Waals surface area (Å²) >= 11 is 0. The van der Waals surface area contributed by atoms with Crippen LogP contribution in [-0.2, 0) is 4.79 Å². The van der Waals surface area contributed by atoms with Gasteiger partial charge >= 0.3 is 0 Å². The summed E-state index contributed by atoms with van der Waals surface area (Å²) in [5.74, 6) is 0.213. The lowest BCUT2D eigenvalue weighted by Gasteiger charge is -2.22. The fourth-order valence-electron chi connectivity index (χ4n) is 1.81. The zero-order valence-corrected chi connectivity index (χ0v) is 12.8. The van der Waals surface area contributed by atoms with Crippen molar-refractivity contribution < 1.29 is 4.79 Å². The topological polar surface area (TPSA) is 98.7 Å². The molecule has 1 unspecified atom stereocenters. The van der Waals surface area contributed by atoms with Gasteiger partial charge in [0, 0.05) is 12.4 Å². The number of amides is 1. The highest BCUT2D eigenvalue weighted by molar-refractivity contribution is 5.97. The molecule has 2 rings (SSSR count). The first-order valence-corrected chi connectivity index (χ1v) is 6.45. The van der Waals surface area contributed by atoms with Crippen molar-refractivity contribution in [2.45, 2.75) is 32.2 Å². The van der Waals surface area contributed by atoms with Crippen molar-refractivity contribution in [2.75, 3.05) is 5.32 Å². The summed E-state index contributed by atoms with van der Waals surface area (Å²) in [7, 11) is 0. The first-order valence-electron chi connectivity index (χ1n) is 6.45. The number of aromatic nitrogens is 4. The van der Waals surface area contributed by atoms with Gasteiger partial charge in [-0.15, -0.1) is 12.4 Å². The van der Waals surface area contributed by atoms with Gasteiger partial charge in [0.05, 0.1) is 23.6 Å². The molecule has 2 heterocycles. The Labute approximate surface area is 129 Å². The highest BCUT2D eigenvalue weighted by Gasteiger charge is 2.27. The SMILES string of the molecule is CCCC(C)(N)C(=O)Nc1cnn(-c2ncccn2)c1.Cl. The van der Waals surface area contributed by atoms with Crippen molar-refractivity contribution in [1.29, 1.82) is 0 Å². The summed E-state index contributed by atoms with van der Waals surface area (Å²) in [4.78, 5) is 20.2. The minimum Gasteiger partial charge on any atom is -0.322 e. The lowest BCUT2D eigenvalue weighted by Crippen LogP contribution is -2.48. The summed E-state index contributed by atoms with van der Waals surface area (Å²) in [5.41, 5.74) is 5.65. The van der Waals surface area contributed by atoms with Crippen molar-refractivity contribution in [3.63, 3.8) is 0 Å². The van der Waals surface area contributed by atoms with Crippen molar-refractivity contribution in [1.82, 2.24) is 19.7 Å². The third-order valence-corrected chi connectivity index (χ3v) is 2.89. The van der Waals surface area contributed by atoms with Crippen LogP contribution in [0.3, 0.4) is 0 Å². The number of nitrogens with one attached hydrogen (secondary N) is 1. The lowest BCUT2D eigenvalue weighted by molar-refractivity contribution is -0.120. The summed E-state index contributed by atoms with van der Waals surface area (Å²) in [6.45, 7) is 3.71. The van der Waals surface area contributed by atoms with Crippen LogP contribution in [0.5, 0.6) is 0 Å². The van der Waals surface area contributed by atoms with Gasteiger partial charge < -0.3 is 11.1 Å². The van der Waals surface area contributed by atoms with Crippen molar-refractivity contribution in [2.24, 2.45) is 5.73 Å². The number of carbonyl (C=O) groups is 1. The predicted octanol–water partition coefficient (Wildman–Crippen LogP) is 1.54. The van der Waals surface area contributed by atoms with E-state index < -0.39 is 5.54 Å². The third-order valence-electron chi connectivity index (χ3n) is 2.89. The van der Waals surface area contributed by atoms with E-state index in [2.05, 4.69) is 20.4 Å². The van der Waals surface area contributed by atoms with Crippen molar-refractivity contribution in [3.8, 4) is 5.95 Å². The highest BCUT2D eigenvalue weighted by Crippen LogP contribution is 2.14. The Morgan fingerprint density at radius 1 is 1.43 bits per heavy atom. The zero-order chi connectivity index (χ0) is 14.6. The molecule has 114 valence electrons. The van der Waals surface area contributed by atoms with E-state index >= 15 is 0 Å². The molecule has 2 aromatic rings. The fraction of sp³-hybridized carbons (Fsp3) is 0.385. The van der Waals surface area contributed by atoms with E-state index in [4.69, 9.17) is 5.73 Å². The minimum atomic E-state index is -0.889. The molecule has 1 atom stereocenters. The first kappa shape index (κ1) is 17.1. The summed E-state index contributed by atoms with van der Waals surface area (Å²) in [5, 5.41) is 6.86. The van der Waals surface area contributed by atoms with Gasteiger partial charge in [0.15, 0.2) is 0 Å². The number of anilines is 1. The smallest absolute Gasteiger partial charge is 0.250 e. The van der Waals surface area contributed by atoms with Gasteiger partial charge in [-0.3, -0.25) is 4.79 Å².